The van der Waals surface area contributed by atoms with E-state index < -0.39 is 11.6 Å². The molecule has 0 bridgehead atoms. The molecule has 82 valence electrons. The third-order valence-electron chi connectivity index (χ3n) is 2.74. The summed E-state index contributed by atoms with van der Waals surface area (Å²) >= 11 is 0. The largest absolute Gasteiger partial charge is 0.453 e. The fourth-order valence-corrected chi connectivity index (χ4v) is 1.73. The molecular formula is C12H8F2O2. The Bertz CT molecular complexity index is 582. The van der Waals surface area contributed by atoms with Crippen molar-refractivity contribution in [2.24, 2.45) is 5.92 Å². The van der Waals surface area contributed by atoms with Gasteiger partial charge in [0.1, 0.15) is 17.2 Å². The number of furan rings is 1. The van der Waals surface area contributed by atoms with Gasteiger partial charge in [-0.25, -0.2) is 8.78 Å². The molecule has 0 radical (unpaired) electrons. The predicted octanol–water partition coefficient (Wildman–Crippen LogP) is 3.30. The van der Waals surface area contributed by atoms with Crippen molar-refractivity contribution in [1.82, 2.24) is 0 Å². The standard InChI is InChI=1S/C12H8F2O2/c13-7-3-9(14)8-5-11(16-10(8)4-7)12(15)6-1-2-6/h3-6H,1-2H2. The maximum Gasteiger partial charge on any atom is 0.201 e. The van der Waals surface area contributed by atoms with Crippen LogP contribution in [0.25, 0.3) is 11.0 Å². The molecule has 1 saturated carbocycles. The second-order valence-corrected chi connectivity index (χ2v) is 4.05. The number of hydrogen-bond donors (Lipinski definition) is 0. The average Bonchev–Trinajstić information content (AvgIpc) is 2.97. The minimum Gasteiger partial charge on any atom is -0.453 e. The predicted molar refractivity (Wildman–Crippen MR) is 53.2 cm³/mol. The second kappa shape index (κ2) is 3.14. The molecule has 1 aromatic heterocycles. The highest BCUT2D eigenvalue weighted by Gasteiger charge is 2.32. The smallest absolute Gasteiger partial charge is 0.201 e. The van der Waals surface area contributed by atoms with Gasteiger partial charge < -0.3 is 4.42 Å². The fourth-order valence-electron chi connectivity index (χ4n) is 1.73. The molecule has 1 aliphatic rings. The molecule has 3 rings (SSSR count). The van der Waals surface area contributed by atoms with E-state index in [9.17, 15) is 13.6 Å². The van der Waals surface area contributed by atoms with Gasteiger partial charge in [-0.1, -0.05) is 0 Å². The van der Waals surface area contributed by atoms with Crippen molar-refractivity contribution in [1.29, 1.82) is 0 Å². The van der Waals surface area contributed by atoms with Gasteiger partial charge in [-0.3, -0.25) is 4.79 Å². The number of Topliss-reactive ketones (excluding diaryl/α,β-unsaturated/α-hetero) is 1. The summed E-state index contributed by atoms with van der Waals surface area (Å²) in [6.07, 6.45) is 1.71. The van der Waals surface area contributed by atoms with Crippen LogP contribution < -0.4 is 0 Å². The lowest BCUT2D eigenvalue weighted by atomic mass is 10.2. The summed E-state index contributed by atoms with van der Waals surface area (Å²) in [7, 11) is 0. The zero-order valence-corrected chi connectivity index (χ0v) is 8.30. The molecule has 1 heterocycles. The maximum atomic E-state index is 13.3. The summed E-state index contributed by atoms with van der Waals surface area (Å²) in [5, 5.41) is 0.158. The molecular weight excluding hydrogens is 214 g/mol. The normalized spacial score (nSPS) is 15.6. The Morgan fingerprint density at radius 1 is 1.25 bits per heavy atom. The molecule has 1 aliphatic carbocycles. The second-order valence-electron chi connectivity index (χ2n) is 4.05. The van der Waals surface area contributed by atoms with Crippen LogP contribution in [0.3, 0.4) is 0 Å². The first-order chi connectivity index (χ1) is 7.65. The van der Waals surface area contributed by atoms with Crippen LogP contribution >= 0.6 is 0 Å². The Kier molecular flexibility index (Phi) is 1.87. The molecule has 0 aliphatic heterocycles. The number of halogens is 2. The van der Waals surface area contributed by atoms with Gasteiger partial charge in [-0.15, -0.1) is 0 Å². The molecule has 16 heavy (non-hydrogen) atoms. The van der Waals surface area contributed by atoms with Gasteiger partial charge in [0.15, 0.2) is 5.76 Å². The van der Waals surface area contributed by atoms with Crippen LogP contribution in [0.4, 0.5) is 8.78 Å². The summed E-state index contributed by atoms with van der Waals surface area (Å²) < 4.78 is 31.4. The molecule has 0 N–H and O–H groups in total. The Morgan fingerprint density at radius 3 is 2.69 bits per heavy atom. The van der Waals surface area contributed by atoms with Gasteiger partial charge in [-0.2, -0.15) is 0 Å². The maximum absolute atomic E-state index is 13.3. The molecule has 0 atom stereocenters. The molecule has 1 fully saturated rings. The van der Waals surface area contributed by atoms with Crippen LogP contribution in [-0.4, -0.2) is 5.78 Å². The number of ketones is 1. The Morgan fingerprint density at radius 2 is 2.00 bits per heavy atom. The van der Waals surface area contributed by atoms with Crippen LogP contribution in [-0.2, 0) is 0 Å². The van der Waals surface area contributed by atoms with Crippen molar-refractivity contribution in [3.05, 3.63) is 35.6 Å². The van der Waals surface area contributed by atoms with Crippen LogP contribution in [0.1, 0.15) is 23.4 Å². The molecule has 0 unspecified atom stereocenters. The van der Waals surface area contributed by atoms with Crippen LogP contribution in [0.2, 0.25) is 0 Å². The van der Waals surface area contributed by atoms with E-state index in [2.05, 4.69) is 0 Å². The third kappa shape index (κ3) is 1.41. The minimum absolute atomic E-state index is 0.00784. The van der Waals surface area contributed by atoms with E-state index >= 15 is 0 Å². The molecule has 0 saturated heterocycles. The van der Waals surface area contributed by atoms with Crippen molar-refractivity contribution in [2.75, 3.05) is 0 Å². The fraction of sp³-hybridized carbons (Fsp3) is 0.250. The van der Waals surface area contributed by atoms with E-state index in [0.29, 0.717) is 0 Å². The lowest BCUT2D eigenvalue weighted by Gasteiger charge is -1.91. The first-order valence-corrected chi connectivity index (χ1v) is 5.08. The van der Waals surface area contributed by atoms with Crippen LogP contribution in [0, 0.1) is 17.6 Å². The molecule has 0 amide bonds. The monoisotopic (exact) mass is 222 g/mol. The Labute approximate surface area is 89.9 Å². The number of carbonyl (C=O) groups is 1. The van der Waals surface area contributed by atoms with Crippen molar-refractivity contribution in [3.8, 4) is 0 Å². The first-order valence-electron chi connectivity index (χ1n) is 5.08. The zero-order chi connectivity index (χ0) is 11.3. The highest BCUT2D eigenvalue weighted by atomic mass is 19.1. The van der Waals surface area contributed by atoms with Gasteiger partial charge in [0.2, 0.25) is 5.78 Å². The van der Waals surface area contributed by atoms with Gasteiger partial charge in [0, 0.05) is 18.1 Å². The Hall–Kier alpha value is -1.71. The molecule has 2 aromatic rings. The average molecular weight is 222 g/mol. The lowest BCUT2D eigenvalue weighted by molar-refractivity contribution is 0.0942. The summed E-state index contributed by atoms with van der Waals surface area (Å²) in [4.78, 5) is 11.7. The highest BCUT2D eigenvalue weighted by Crippen LogP contribution is 2.34. The van der Waals surface area contributed by atoms with Crippen molar-refractivity contribution >= 4 is 16.8 Å². The van der Waals surface area contributed by atoms with Gasteiger partial charge in [-0.05, 0) is 18.9 Å². The molecule has 2 nitrogen and oxygen atoms in total. The minimum atomic E-state index is -0.704. The highest BCUT2D eigenvalue weighted by molar-refractivity contribution is 6.00. The molecule has 0 spiro atoms. The van der Waals surface area contributed by atoms with E-state index in [1.807, 2.05) is 0 Å². The van der Waals surface area contributed by atoms with E-state index in [0.717, 1.165) is 25.0 Å². The van der Waals surface area contributed by atoms with Crippen molar-refractivity contribution in [3.63, 3.8) is 0 Å². The van der Waals surface area contributed by atoms with Gasteiger partial charge in [0.25, 0.3) is 0 Å². The number of carbonyl (C=O) groups excluding carboxylic acids is 1. The molecule has 1 aromatic carbocycles. The van der Waals surface area contributed by atoms with Crippen LogP contribution in [0.5, 0.6) is 0 Å². The summed E-state index contributed by atoms with van der Waals surface area (Å²) in [6.45, 7) is 0. The number of rotatable bonds is 2. The van der Waals surface area contributed by atoms with E-state index in [1.165, 1.54) is 6.07 Å². The third-order valence-corrected chi connectivity index (χ3v) is 2.74. The summed E-state index contributed by atoms with van der Waals surface area (Å²) in [6, 6.07) is 3.22. The Balaban J connectivity index is 2.14. The van der Waals surface area contributed by atoms with Gasteiger partial charge >= 0.3 is 0 Å². The lowest BCUT2D eigenvalue weighted by Crippen LogP contribution is -1.98. The number of fused-ring (bicyclic) bond motifs is 1. The van der Waals surface area contributed by atoms with Crippen LogP contribution in [0.15, 0.2) is 22.6 Å². The van der Waals surface area contributed by atoms with Crippen molar-refractivity contribution < 1.29 is 18.0 Å². The quantitative estimate of drug-likeness (QED) is 0.730. The topological polar surface area (TPSA) is 30.2 Å². The SMILES string of the molecule is O=C(c1cc2c(F)cc(F)cc2o1)C1CC1. The van der Waals surface area contributed by atoms with Gasteiger partial charge in [0.05, 0.1) is 5.39 Å². The summed E-state index contributed by atoms with van der Waals surface area (Å²) in [5.41, 5.74) is 0.0847. The summed E-state index contributed by atoms with van der Waals surface area (Å²) in [5.74, 6) is -1.38. The van der Waals surface area contributed by atoms with E-state index in [4.69, 9.17) is 4.42 Å². The van der Waals surface area contributed by atoms with E-state index in [-0.39, 0.29) is 28.4 Å². The van der Waals surface area contributed by atoms with Crippen molar-refractivity contribution in [2.45, 2.75) is 12.8 Å². The zero-order valence-electron chi connectivity index (χ0n) is 8.30. The molecule has 4 heteroatoms. The number of hydrogen-bond acceptors (Lipinski definition) is 2. The first kappa shape index (κ1) is 9.51. The van der Waals surface area contributed by atoms with E-state index in [1.54, 1.807) is 0 Å². The number of benzene rings is 1.